The van der Waals surface area contributed by atoms with E-state index in [0.717, 1.165) is 0 Å². The monoisotopic (exact) mass is 525 g/mol. The first-order valence-electron chi connectivity index (χ1n) is 13.7. The maximum atomic E-state index is 2.43. The van der Waals surface area contributed by atoms with E-state index in [1.165, 1.54) is 81.1 Å². The van der Waals surface area contributed by atoms with Gasteiger partial charge in [0.15, 0.2) is 0 Å². The molecule has 2 heterocycles. The number of rotatable bonds is 2. The van der Waals surface area contributed by atoms with Gasteiger partial charge in [-0.2, -0.15) is 0 Å². The van der Waals surface area contributed by atoms with E-state index in [1.54, 1.807) is 0 Å². The summed E-state index contributed by atoms with van der Waals surface area (Å²) < 4.78 is 2.43. The molecule has 0 radical (unpaired) electrons. The summed E-state index contributed by atoms with van der Waals surface area (Å²) in [6.45, 7) is 0. The van der Waals surface area contributed by atoms with Crippen LogP contribution in [0.25, 0.3) is 71.3 Å². The molecule has 0 fully saturated rings. The summed E-state index contributed by atoms with van der Waals surface area (Å²) in [6.07, 6.45) is 0. The van der Waals surface area contributed by atoms with Gasteiger partial charge in [0, 0.05) is 31.6 Å². The number of hydrogen-bond donors (Lipinski definition) is 0. The second-order valence-corrected chi connectivity index (χ2v) is 11.6. The lowest BCUT2D eigenvalue weighted by atomic mass is 9.92. The summed E-state index contributed by atoms with van der Waals surface area (Å²) in [5.74, 6) is 0. The van der Waals surface area contributed by atoms with Crippen molar-refractivity contribution in [1.82, 2.24) is 4.57 Å². The number of hydrogen-bond acceptors (Lipinski definition) is 1. The van der Waals surface area contributed by atoms with E-state index in [1.807, 2.05) is 11.8 Å². The maximum Gasteiger partial charge on any atom is 0.0547 e. The van der Waals surface area contributed by atoms with Crippen LogP contribution in [-0.4, -0.2) is 4.57 Å². The average molecular weight is 526 g/mol. The molecule has 7 aromatic carbocycles. The Balaban J connectivity index is 1.29. The van der Waals surface area contributed by atoms with Gasteiger partial charge in [-0.25, -0.2) is 0 Å². The van der Waals surface area contributed by atoms with E-state index >= 15 is 0 Å². The third kappa shape index (κ3) is 3.11. The minimum atomic E-state index is 1.18. The summed E-state index contributed by atoms with van der Waals surface area (Å²) in [5, 5.41) is 7.77. The third-order valence-corrected chi connectivity index (χ3v) is 9.49. The van der Waals surface area contributed by atoms with Crippen LogP contribution in [-0.2, 0) is 0 Å². The van der Waals surface area contributed by atoms with E-state index in [-0.39, 0.29) is 0 Å². The molecule has 0 bridgehead atoms. The highest BCUT2D eigenvalue weighted by atomic mass is 32.2. The normalized spacial score (nSPS) is 12.4. The Bertz CT molecular complexity index is 2310. The molecule has 0 saturated carbocycles. The first-order valence-corrected chi connectivity index (χ1v) is 14.5. The molecule has 1 aliphatic rings. The fourth-order valence-electron chi connectivity index (χ4n) is 6.58. The molecule has 0 unspecified atom stereocenters. The molecule has 186 valence electrons. The lowest BCUT2D eigenvalue weighted by molar-refractivity contribution is 1.18. The van der Waals surface area contributed by atoms with E-state index in [2.05, 4.69) is 144 Å². The SMILES string of the molecule is c1cc(-c2ccc3c4c(cccc24)-c2ccccc2S3)cc(-n2c3ccccc3c3cc4ccccc4cc32)c1. The van der Waals surface area contributed by atoms with Crippen molar-refractivity contribution < 1.29 is 0 Å². The van der Waals surface area contributed by atoms with E-state index in [4.69, 9.17) is 0 Å². The molecule has 0 atom stereocenters. The standard InChI is InChI=1S/C38H23NS/c1-2-10-25-23-35-33(22-24(25)9-1)29-13-3-5-17-34(29)39(35)27-12-7-11-26(21-27)28-19-20-37-38-31(28)15-8-16-32(38)30-14-4-6-18-36(30)40-37/h1-23H. The van der Waals surface area contributed by atoms with Gasteiger partial charge in [0.05, 0.1) is 11.0 Å². The molecule has 8 aromatic rings. The maximum absolute atomic E-state index is 2.43. The summed E-state index contributed by atoms with van der Waals surface area (Å²) in [4.78, 5) is 2.66. The van der Waals surface area contributed by atoms with E-state index in [0.29, 0.717) is 0 Å². The summed E-state index contributed by atoms with van der Waals surface area (Å²) in [6, 6.07) is 51.3. The number of fused-ring (bicyclic) bond motifs is 6. The van der Waals surface area contributed by atoms with Crippen LogP contribution in [0.4, 0.5) is 0 Å². The van der Waals surface area contributed by atoms with Crippen molar-refractivity contribution in [3.05, 3.63) is 140 Å². The zero-order valence-corrected chi connectivity index (χ0v) is 22.5. The Morgan fingerprint density at radius 3 is 2.12 bits per heavy atom. The topological polar surface area (TPSA) is 4.93 Å². The minimum absolute atomic E-state index is 1.18. The van der Waals surface area contributed by atoms with Crippen molar-refractivity contribution in [1.29, 1.82) is 0 Å². The van der Waals surface area contributed by atoms with Crippen molar-refractivity contribution >= 4 is 55.1 Å². The molecule has 1 aliphatic heterocycles. The minimum Gasteiger partial charge on any atom is -0.309 e. The molecule has 40 heavy (non-hydrogen) atoms. The predicted molar refractivity (Wildman–Crippen MR) is 171 cm³/mol. The van der Waals surface area contributed by atoms with Crippen molar-refractivity contribution in [2.75, 3.05) is 0 Å². The van der Waals surface area contributed by atoms with Gasteiger partial charge < -0.3 is 4.57 Å². The van der Waals surface area contributed by atoms with Crippen LogP contribution in [0.5, 0.6) is 0 Å². The number of aromatic nitrogens is 1. The summed E-state index contributed by atoms with van der Waals surface area (Å²) in [7, 11) is 0. The Hall–Kier alpha value is -4.79. The molecule has 0 spiro atoms. The van der Waals surface area contributed by atoms with Crippen molar-refractivity contribution in [3.8, 4) is 27.9 Å². The Labute approximate surface area is 236 Å². The Morgan fingerprint density at radius 1 is 0.425 bits per heavy atom. The lowest BCUT2D eigenvalue weighted by Gasteiger charge is -2.21. The lowest BCUT2D eigenvalue weighted by Crippen LogP contribution is -1.96. The highest BCUT2D eigenvalue weighted by Gasteiger charge is 2.21. The Kier molecular flexibility index (Phi) is 4.61. The van der Waals surface area contributed by atoms with Crippen LogP contribution in [0.1, 0.15) is 0 Å². The van der Waals surface area contributed by atoms with Gasteiger partial charge in [0.1, 0.15) is 0 Å². The number of benzene rings is 7. The highest BCUT2D eigenvalue weighted by Crippen LogP contribution is 2.49. The smallest absolute Gasteiger partial charge is 0.0547 e. The van der Waals surface area contributed by atoms with Gasteiger partial charge in [0.25, 0.3) is 0 Å². The quantitative estimate of drug-likeness (QED) is 0.217. The van der Waals surface area contributed by atoms with Gasteiger partial charge in [-0.05, 0) is 80.9 Å². The van der Waals surface area contributed by atoms with Gasteiger partial charge in [-0.1, -0.05) is 109 Å². The molecule has 0 aliphatic carbocycles. The summed E-state index contributed by atoms with van der Waals surface area (Å²) in [5.41, 5.74) is 8.81. The molecule has 0 saturated heterocycles. The number of nitrogens with zero attached hydrogens (tertiary/aromatic N) is 1. The zero-order valence-electron chi connectivity index (χ0n) is 21.6. The zero-order chi connectivity index (χ0) is 26.2. The van der Waals surface area contributed by atoms with Crippen molar-refractivity contribution in [2.24, 2.45) is 0 Å². The highest BCUT2D eigenvalue weighted by molar-refractivity contribution is 7.99. The van der Waals surface area contributed by atoms with Gasteiger partial charge >= 0.3 is 0 Å². The predicted octanol–water partition coefficient (Wildman–Crippen LogP) is 10.9. The molecule has 1 nitrogen and oxygen atoms in total. The molecule has 9 rings (SSSR count). The fourth-order valence-corrected chi connectivity index (χ4v) is 7.71. The largest absolute Gasteiger partial charge is 0.309 e. The van der Waals surface area contributed by atoms with Gasteiger partial charge in [0.2, 0.25) is 0 Å². The summed E-state index contributed by atoms with van der Waals surface area (Å²) >= 11 is 1.88. The van der Waals surface area contributed by atoms with Crippen LogP contribution >= 0.6 is 11.8 Å². The number of para-hydroxylation sites is 1. The van der Waals surface area contributed by atoms with Gasteiger partial charge in [-0.3, -0.25) is 0 Å². The van der Waals surface area contributed by atoms with Crippen LogP contribution < -0.4 is 0 Å². The third-order valence-electron chi connectivity index (χ3n) is 8.35. The average Bonchev–Trinajstić information content (AvgIpc) is 3.33. The molecule has 1 aromatic heterocycles. The fraction of sp³-hybridized carbons (Fsp3) is 0. The van der Waals surface area contributed by atoms with Crippen molar-refractivity contribution in [2.45, 2.75) is 9.79 Å². The first kappa shape index (κ1) is 22.1. The molecule has 0 amide bonds. The molecular formula is C38H23NS. The van der Waals surface area contributed by atoms with Crippen LogP contribution in [0.15, 0.2) is 149 Å². The second-order valence-electron chi connectivity index (χ2n) is 10.6. The van der Waals surface area contributed by atoms with Crippen LogP contribution in [0.2, 0.25) is 0 Å². The molecular weight excluding hydrogens is 502 g/mol. The molecule has 2 heteroatoms. The first-order chi connectivity index (χ1) is 19.8. The molecule has 0 N–H and O–H groups in total. The van der Waals surface area contributed by atoms with Gasteiger partial charge in [-0.15, -0.1) is 0 Å². The van der Waals surface area contributed by atoms with Crippen LogP contribution in [0.3, 0.4) is 0 Å². The van der Waals surface area contributed by atoms with E-state index in [9.17, 15) is 0 Å². The van der Waals surface area contributed by atoms with Crippen LogP contribution in [0, 0.1) is 0 Å². The van der Waals surface area contributed by atoms with Crippen molar-refractivity contribution in [3.63, 3.8) is 0 Å². The Morgan fingerprint density at radius 2 is 1.18 bits per heavy atom. The second kappa shape index (κ2) is 8.35. The van der Waals surface area contributed by atoms with E-state index < -0.39 is 0 Å².